The van der Waals surface area contributed by atoms with Crippen molar-refractivity contribution in [2.24, 2.45) is 0 Å². The molecule has 0 radical (unpaired) electrons. The highest BCUT2D eigenvalue weighted by Crippen LogP contribution is 2.38. The summed E-state index contributed by atoms with van der Waals surface area (Å²) in [6, 6.07) is 24.1. The lowest BCUT2D eigenvalue weighted by Crippen LogP contribution is -2.15. The van der Waals surface area contributed by atoms with Crippen molar-refractivity contribution in [3.63, 3.8) is 0 Å². The highest BCUT2D eigenvalue weighted by Gasteiger charge is 2.18. The minimum Gasteiger partial charge on any atom is -0.341 e. The van der Waals surface area contributed by atoms with Gasteiger partial charge in [-0.05, 0) is 30.5 Å². The largest absolute Gasteiger partial charge is 0.341 e. The summed E-state index contributed by atoms with van der Waals surface area (Å²) in [4.78, 5) is 3.39. The molecule has 3 nitrogen and oxygen atoms in total. The van der Waals surface area contributed by atoms with Gasteiger partial charge in [0.15, 0.2) is 0 Å². The van der Waals surface area contributed by atoms with Crippen LogP contribution in [0.15, 0.2) is 88.4 Å². The number of hydrogen-bond donors (Lipinski definition) is 0. The molecule has 0 N–H and O–H groups in total. The number of thioether (sulfide) groups is 1. The van der Waals surface area contributed by atoms with E-state index >= 15 is 0 Å². The molecular formula is C23H19N3S. The van der Waals surface area contributed by atoms with E-state index in [9.17, 15) is 10.5 Å². The molecule has 132 valence electrons. The summed E-state index contributed by atoms with van der Waals surface area (Å²) >= 11 is 1.67. The lowest BCUT2D eigenvalue weighted by atomic mass is 10.0. The van der Waals surface area contributed by atoms with Gasteiger partial charge in [0.2, 0.25) is 0 Å². The third-order valence-corrected chi connectivity index (χ3v) is 5.20. The van der Waals surface area contributed by atoms with Crippen molar-refractivity contribution >= 4 is 17.3 Å². The molecule has 27 heavy (non-hydrogen) atoms. The molecule has 0 unspecified atom stereocenters. The van der Waals surface area contributed by atoms with Crippen LogP contribution in [-0.4, -0.2) is 11.4 Å². The maximum Gasteiger partial charge on any atom is 0.137 e. The van der Waals surface area contributed by atoms with Crippen LogP contribution in [0.4, 0.5) is 0 Å². The fraction of sp³-hybridized carbons (Fsp3) is 0.130. The topological polar surface area (TPSA) is 50.8 Å². The number of rotatable bonds is 5. The van der Waals surface area contributed by atoms with Gasteiger partial charge in [-0.3, -0.25) is 0 Å². The van der Waals surface area contributed by atoms with E-state index < -0.39 is 0 Å². The fourth-order valence-electron chi connectivity index (χ4n) is 2.90. The van der Waals surface area contributed by atoms with Crippen LogP contribution >= 0.6 is 11.8 Å². The van der Waals surface area contributed by atoms with Crippen LogP contribution in [0.2, 0.25) is 0 Å². The zero-order valence-corrected chi connectivity index (χ0v) is 15.9. The van der Waals surface area contributed by atoms with E-state index in [-0.39, 0.29) is 5.57 Å². The number of nitriles is 2. The van der Waals surface area contributed by atoms with Gasteiger partial charge in [0.25, 0.3) is 0 Å². The number of hydrogen-bond acceptors (Lipinski definition) is 4. The zero-order valence-electron chi connectivity index (χ0n) is 15.1. The minimum absolute atomic E-state index is 0.127. The van der Waals surface area contributed by atoms with Crippen molar-refractivity contribution in [2.45, 2.75) is 13.3 Å². The molecule has 0 aliphatic carbocycles. The minimum atomic E-state index is 0.127. The van der Waals surface area contributed by atoms with Crippen molar-refractivity contribution < 1.29 is 0 Å². The van der Waals surface area contributed by atoms with Gasteiger partial charge in [-0.1, -0.05) is 72.4 Å². The van der Waals surface area contributed by atoms with E-state index in [0.717, 1.165) is 23.6 Å². The summed E-state index contributed by atoms with van der Waals surface area (Å²) in [5.74, 6) is 0. The Balaban J connectivity index is 1.91. The molecule has 0 aromatic heterocycles. The maximum atomic E-state index is 9.41. The van der Waals surface area contributed by atoms with Crippen LogP contribution in [-0.2, 0) is 6.42 Å². The van der Waals surface area contributed by atoms with E-state index in [2.05, 4.69) is 30.2 Å². The monoisotopic (exact) mass is 369 g/mol. The molecule has 0 fully saturated rings. The normalized spacial score (nSPS) is 14.4. The Bertz CT molecular complexity index is 958. The summed E-state index contributed by atoms with van der Waals surface area (Å²) in [6.07, 6.45) is 5.01. The summed E-state index contributed by atoms with van der Waals surface area (Å²) in [7, 11) is 0. The lowest BCUT2D eigenvalue weighted by molar-refractivity contribution is 0.503. The number of benzene rings is 2. The second-order valence-corrected chi connectivity index (χ2v) is 7.40. The molecule has 0 saturated heterocycles. The third-order valence-electron chi connectivity index (χ3n) is 4.22. The molecule has 0 amide bonds. The smallest absolute Gasteiger partial charge is 0.137 e. The van der Waals surface area contributed by atoms with Crippen LogP contribution in [0.5, 0.6) is 0 Å². The molecule has 2 aromatic carbocycles. The van der Waals surface area contributed by atoms with E-state index in [1.807, 2.05) is 66.7 Å². The Morgan fingerprint density at radius 1 is 1.00 bits per heavy atom. The third kappa shape index (κ3) is 4.70. The van der Waals surface area contributed by atoms with Crippen molar-refractivity contribution in [1.82, 2.24) is 4.90 Å². The summed E-state index contributed by atoms with van der Waals surface area (Å²) in [5.41, 5.74) is 2.95. The van der Waals surface area contributed by atoms with E-state index in [1.165, 1.54) is 10.5 Å². The first-order valence-corrected chi connectivity index (χ1v) is 9.51. The molecule has 0 bridgehead atoms. The van der Waals surface area contributed by atoms with Gasteiger partial charge < -0.3 is 4.90 Å². The quantitative estimate of drug-likeness (QED) is 0.655. The van der Waals surface area contributed by atoms with E-state index in [1.54, 1.807) is 11.8 Å². The zero-order chi connectivity index (χ0) is 19.1. The first-order chi connectivity index (χ1) is 13.2. The Morgan fingerprint density at radius 3 is 2.26 bits per heavy atom. The standard InChI is InChI=1S/C23H19N3S/c1-18-17-26(13-12-19-8-4-2-5-9-19)23(27-18)14-22(21(15-24)16-25)20-10-6-3-7-11-20/h2-11,14,17H,12-13H2,1H3/b23-14-. The van der Waals surface area contributed by atoms with E-state index in [0.29, 0.717) is 5.57 Å². The molecule has 1 aliphatic heterocycles. The molecule has 4 heteroatoms. The van der Waals surface area contributed by atoms with Crippen LogP contribution in [0.3, 0.4) is 0 Å². The average molecular weight is 369 g/mol. The summed E-state index contributed by atoms with van der Waals surface area (Å²) < 4.78 is 0. The molecule has 0 spiro atoms. The van der Waals surface area contributed by atoms with Gasteiger partial charge >= 0.3 is 0 Å². The number of nitrogens with zero attached hydrogens (tertiary/aromatic N) is 3. The number of allylic oxidation sites excluding steroid dienone is 4. The van der Waals surface area contributed by atoms with Crippen molar-refractivity contribution in [1.29, 1.82) is 10.5 Å². The van der Waals surface area contributed by atoms with Gasteiger partial charge in [-0.15, -0.1) is 0 Å². The van der Waals surface area contributed by atoms with E-state index in [4.69, 9.17) is 0 Å². The Hall–Kier alpha value is -3.21. The lowest BCUT2D eigenvalue weighted by Gasteiger charge is -2.18. The Morgan fingerprint density at radius 2 is 1.63 bits per heavy atom. The van der Waals surface area contributed by atoms with Crippen LogP contribution in [0.1, 0.15) is 18.1 Å². The van der Waals surface area contributed by atoms with Gasteiger partial charge in [0, 0.05) is 23.2 Å². The van der Waals surface area contributed by atoms with Gasteiger partial charge in [0.1, 0.15) is 17.7 Å². The summed E-state index contributed by atoms with van der Waals surface area (Å²) in [6.45, 7) is 2.92. The van der Waals surface area contributed by atoms with Crippen LogP contribution in [0, 0.1) is 22.7 Å². The highest BCUT2D eigenvalue weighted by molar-refractivity contribution is 8.06. The molecule has 1 heterocycles. The SMILES string of the molecule is CC1=CN(CCc2ccccc2)/C(=C/C(=C(C#N)C#N)c2ccccc2)S1. The van der Waals surface area contributed by atoms with Gasteiger partial charge in [-0.2, -0.15) is 10.5 Å². The molecule has 3 rings (SSSR count). The second kappa shape index (κ2) is 8.94. The van der Waals surface area contributed by atoms with Gasteiger partial charge in [-0.25, -0.2) is 0 Å². The first-order valence-electron chi connectivity index (χ1n) is 8.69. The summed E-state index contributed by atoms with van der Waals surface area (Å²) in [5, 5.41) is 19.8. The van der Waals surface area contributed by atoms with Gasteiger partial charge in [0.05, 0.1) is 5.03 Å². The van der Waals surface area contributed by atoms with Crippen molar-refractivity contribution in [3.05, 3.63) is 99.6 Å². The molecule has 0 atom stereocenters. The highest BCUT2D eigenvalue weighted by atomic mass is 32.2. The average Bonchev–Trinajstić information content (AvgIpc) is 3.07. The van der Waals surface area contributed by atoms with Crippen LogP contribution in [0.25, 0.3) is 5.57 Å². The Labute approximate surface area is 164 Å². The molecular weight excluding hydrogens is 350 g/mol. The molecule has 1 aliphatic rings. The van der Waals surface area contributed by atoms with Crippen molar-refractivity contribution in [2.75, 3.05) is 6.54 Å². The van der Waals surface area contributed by atoms with Crippen molar-refractivity contribution in [3.8, 4) is 12.1 Å². The maximum absolute atomic E-state index is 9.41. The second-order valence-electron chi connectivity index (χ2n) is 6.13. The predicted octanol–water partition coefficient (Wildman–Crippen LogP) is 5.48. The molecule has 0 saturated carbocycles. The molecule has 2 aromatic rings. The first kappa shape index (κ1) is 18.6. The Kier molecular flexibility index (Phi) is 6.15. The predicted molar refractivity (Wildman–Crippen MR) is 111 cm³/mol. The fourth-order valence-corrected chi connectivity index (χ4v) is 3.85. The van der Waals surface area contributed by atoms with Crippen LogP contribution < -0.4 is 0 Å².